The zero-order valence-corrected chi connectivity index (χ0v) is 11.6. The van der Waals surface area contributed by atoms with Gasteiger partial charge in [-0.15, -0.1) is 0 Å². The number of aromatic carboxylic acids is 1. The fourth-order valence-corrected chi connectivity index (χ4v) is 1.92. The molecule has 0 radical (unpaired) electrons. The van der Waals surface area contributed by atoms with Gasteiger partial charge in [-0.1, -0.05) is 50.6 Å². The lowest BCUT2D eigenvalue weighted by Crippen LogP contribution is -2.16. The van der Waals surface area contributed by atoms with E-state index in [1.807, 2.05) is 52.0 Å². The number of aryl methyl sites for hydroxylation is 1. The van der Waals surface area contributed by atoms with Crippen LogP contribution < -0.4 is 0 Å². The molecule has 0 fully saturated rings. The van der Waals surface area contributed by atoms with Crippen LogP contribution in [-0.2, 0) is 5.41 Å². The van der Waals surface area contributed by atoms with Gasteiger partial charge in [0.25, 0.3) is 0 Å². The molecular weight excluding hydrogens is 240 g/mol. The topological polar surface area (TPSA) is 66.0 Å². The molecular formula is C15H18N2O2. The maximum atomic E-state index is 11.3. The molecule has 100 valence electrons. The molecule has 2 N–H and O–H groups in total. The highest BCUT2D eigenvalue weighted by Gasteiger charge is 2.26. The van der Waals surface area contributed by atoms with E-state index in [4.69, 9.17) is 0 Å². The lowest BCUT2D eigenvalue weighted by atomic mass is 9.91. The summed E-state index contributed by atoms with van der Waals surface area (Å²) in [5.41, 5.74) is 2.51. The Labute approximate surface area is 112 Å². The van der Waals surface area contributed by atoms with Gasteiger partial charge in [-0.25, -0.2) is 9.78 Å². The first kappa shape index (κ1) is 13.3. The fourth-order valence-electron chi connectivity index (χ4n) is 1.92. The summed E-state index contributed by atoms with van der Waals surface area (Å²) < 4.78 is 0. The highest BCUT2D eigenvalue weighted by molar-refractivity contribution is 5.88. The quantitative estimate of drug-likeness (QED) is 0.867. The van der Waals surface area contributed by atoms with Gasteiger partial charge in [0.05, 0.1) is 5.69 Å². The van der Waals surface area contributed by atoms with Crippen molar-refractivity contribution in [3.63, 3.8) is 0 Å². The van der Waals surface area contributed by atoms with Crippen LogP contribution in [0.5, 0.6) is 0 Å². The molecule has 0 saturated heterocycles. The van der Waals surface area contributed by atoms with Crippen LogP contribution in [0.15, 0.2) is 24.3 Å². The Morgan fingerprint density at radius 1 is 1.21 bits per heavy atom. The molecule has 0 bridgehead atoms. The SMILES string of the molecule is Cc1ccc(-c2nc(C(=O)O)c(C(C)(C)C)[nH]2)cc1. The molecule has 0 saturated carbocycles. The number of aromatic nitrogens is 2. The highest BCUT2D eigenvalue weighted by atomic mass is 16.4. The molecule has 2 aromatic rings. The van der Waals surface area contributed by atoms with Gasteiger partial charge in [-0.2, -0.15) is 0 Å². The van der Waals surface area contributed by atoms with Crippen LogP contribution in [-0.4, -0.2) is 21.0 Å². The summed E-state index contributed by atoms with van der Waals surface area (Å²) in [6.45, 7) is 7.90. The molecule has 0 aliphatic carbocycles. The van der Waals surface area contributed by atoms with Gasteiger partial charge in [-0.05, 0) is 6.92 Å². The number of rotatable bonds is 2. The number of carboxylic acid groups (broad SMARTS) is 1. The molecule has 0 atom stereocenters. The smallest absolute Gasteiger partial charge is 0.356 e. The predicted molar refractivity (Wildman–Crippen MR) is 74.4 cm³/mol. The van der Waals surface area contributed by atoms with Crippen LogP contribution in [0.3, 0.4) is 0 Å². The largest absolute Gasteiger partial charge is 0.476 e. The summed E-state index contributed by atoms with van der Waals surface area (Å²) in [5, 5.41) is 9.25. The van der Waals surface area contributed by atoms with Crippen LogP contribution in [0.4, 0.5) is 0 Å². The minimum absolute atomic E-state index is 0.100. The Hall–Kier alpha value is -2.10. The van der Waals surface area contributed by atoms with E-state index < -0.39 is 5.97 Å². The molecule has 1 aromatic carbocycles. The van der Waals surface area contributed by atoms with Crippen molar-refractivity contribution in [1.29, 1.82) is 0 Å². The molecule has 0 spiro atoms. The van der Waals surface area contributed by atoms with Gasteiger partial charge in [0, 0.05) is 11.0 Å². The Balaban J connectivity index is 2.55. The van der Waals surface area contributed by atoms with E-state index in [9.17, 15) is 9.90 Å². The van der Waals surface area contributed by atoms with Gasteiger partial charge in [0.15, 0.2) is 5.69 Å². The summed E-state index contributed by atoms with van der Waals surface area (Å²) in [7, 11) is 0. The molecule has 1 aromatic heterocycles. The Bertz CT molecular complexity index is 604. The first-order valence-corrected chi connectivity index (χ1v) is 6.20. The summed E-state index contributed by atoms with van der Waals surface area (Å²) >= 11 is 0. The van der Waals surface area contributed by atoms with Crippen molar-refractivity contribution >= 4 is 5.97 Å². The van der Waals surface area contributed by atoms with E-state index >= 15 is 0 Å². The number of carbonyl (C=O) groups is 1. The number of imidazole rings is 1. The summed E-state index contributed by atoms with van der Waals surface area (Å²) in [4.78, 5) is 18.7. The average molecular weight is 258 g/mol. The maximum Gasteiger partial charge on any atom is 0.356 e. The van der Waals surface area contributed by atoms with Crippen LogP contribution in [0, 0.1) is 6.92 Å². The minimum atomic E-state index is -1.00. The van der Waals surface area contributed by atoms with Crippen molar-refractivity contribution in [2.24, 2.45) is 0 Å². The number of aromatic amines is 1. The van der Waals surface area contributed by atoms with Crippen LogP contribution in [0.2, 0.25) is 0 Å². The second-order valence-electron chi connectivity index (χ2n) is 5.73. The number of benzene rings is 1. The van der Waals surface area contributed by atoms with Gasteiger partial charge in [-0.3, -0.25) is 0 Å². The summed E-state index contributed by atoms with van der Waals surface area (Å²) in [6.07, 6.45) is 0. The maximum absolute atomic E-state index is 11.3. The van der Waals surface area contributed by atoms with E-state index in [0.717, 1.165) is 11.1 Å². The number of nitrogens with zero attached hydrogens (tertiary/aromatic N) is 1. The molecule has 19 heavy (non-hydrogen) atoms. The van der Waals surface area contributed by atoms with Crippen LogP contribution in [0.25, 0.3) is 11.4 Å². The monoisotopic (exact) mass is 258 g/mol. The third-order valence-corrected chi connectivity index (χ3v) is 2.98. The highest BCUT2D eigenvalue weighted by Crippen LogP contribution is 2.27. The zero-order chi connectivity index (χ0) is 14.2. The van der Waals surface area contributed by atoms with Crippen molar-refractivity contribution in [2.45, 2.75) is 33.1 Å². The lowest BCUT2D eigenvalue weighted by Gasteiger charge is -2.16. The second kappa shape index (κ2) is 4.53. The molecule has 4 heteroatoms. The van der Waals surface area contributed by atoms with Crippen molar-refractivity contribution in [3.05, 3.63) is 41.2 Å². The minimum Gasteiger partial charge on any atom is -0.476 e. The number of nitrogens with one attached hydrogen (secondary N) is 1. The number of hydrogen-bond donors (Lipinski definition) is 2. The predicted octanol–water partition coefficient (Wildman–Crippen LogP) is 3.38. The first-order chi connectivity index (χ1) is 8.79. The van der Waals surface area contributed by atoms with Gasteiger partial charge < -0.3 is 10.1 Å². The van der Waals surface area contributed by atoms with E-state index in [-0.39, 0.29) is 11.1 Å². The van der Waals surface area contributed by atoms with Crippen molar-refractivity contribution < 1.29 is 9.90 Å². The third-order valence-electron chi connectivity index (χ3n) is 2.98. The van der Waals surface area contributed by atoms with Crippen molar-refractivity contribution in [2.75, 3.05) is 0 Å². The van der Waals surface area contributed by atoms with E-state index in [1.165, 1.54) is 0 Å². The molecule has 2 rings (SSSR count). The number of carboxylic acids is 1. The van der Waals surface area contributed by atoms with Crippen molar-refractivity contribution in [1.82, 2.24) is 9.97 Å². The molecule has 0 aliphatic rings. The van der Waals surface area contributed by atoms with Crippen molar-refractivity contribution in [3.8, 4) is 11.4 Å². The Morgan fingerprint density at radius 2 is 1.79 bits per heavy atom. The van der Waals surface area contributed by atoms with Gasteiger partial charge >= 0.3 is 5.97 Å². The summed E-state index contributed by atoms with van der Waals surface area (Å²) in [5.74, 6) is -0.401. The molecule has 0 unspecified atom stereocenters. The molecule has 0 aliphatic heterocycles. The van der Waals surface area contributed by atoms with Crippen LogP contribution in [0.1, 0.15) is 42.5 Å². The fraction of sp³-hybridized carbons (Fsp3) is 0.333. The normalized spacial score (nSPS) is 11.6. The number of hydrogen-bond acceptors (Lipinski definition) is 2. The third kappa shape index (κ3) is 2.67. The van der Waals surface area contributed by atoms with Gasteiger partial charge in [0.1, 0.15) is 5.82 Å². The molecule has 4 nitrogen and oxygen atoms in total. The second-order valence-corrected chi connectivity index (χ2v) is 5.73. The summed E-state index contributed by atoms with van der Waals surface area (Å²) in [6, 6.07) is 7.84. The van der Waals surface area contributed by atoms with E-state index in [1.54, 1.807) is 0 Å². The Kier molecular flexibility index (Phi) is 3.18. The zero-order valence-electron chi connectivity index (χ0n) is 11.6. The van der Waals surface area contributed by atoms with Gasteiger partial charge in [0.2, 0.25) is 0 Å². The molecule has 1 heterocycles. The van der Waals surface area contributed by atoms with E-state index in [2.05, 4.69) is 9.97 Å². The number of H-pyrrole nitrogens is 1. The molecule has 0 amide bonds. The van der Waals surface area contributed by atoms with Crippen LogP contribution >= 0.6 is 0 Å². The average Bonchev–Trinajstić information content (AvgIpc) is 2.74. The first-order valence-electron chi connectivity index (χ1n) is 6.20. The lowest BCUT2D eigenvalue weighted by molar-refractivity contribution is 0.0688. The Morgan fingerprint density at radius 3 is 2.21 bits per heavy atom. The van der Waals surface area contributed by atoms with E-state index in [0.29, 0.717) is 11.5 Å². The standard InChI is InChI=1S/C15H18N2O2/c1-9-5-7-10(8-6-9)13-16-11(14(18)19)12(17-13)15(2,3)4/h5-8H,1-4H3,(H,16,17)(H,18,19).